The molecule has 74 heavy (non-hydrogen) atoms. The number of rotatable bonds is 6. The standard InChI is InChI=1S/C69H65BN4/c1-66(2,3)52-24-18-26-55(42-52)73-62-43-53(67(4,5)6)29-31-59(62)70-58-30-27-51(47-21-13-10-14-22-47)41-61(58)72(54-25-17-23-49(39-54)46-19-11-9-12-20-46)63-44-56(45-64(73)65(63)70)74-60-32-28-50(48-33-37-71-38-34-48)40-57(60)68(7)35-15-16-36-69(68,74)8/h9-14,17-34,37-45H,15-16,35-36H2,1-8H3. The summed E-state index contributed by atoms with van der Waals surface area (Å²) in [5, 5.41) is 0. The van der Waals surface area contributed by atoms with Gasteiger partial charge < -0.3 is 14.7 Å². The van der Waals surface area contributed by atoms with Crippen LogP contribution in [0, 0.1) is 0 Å². The number of anilines is 8. The molecule has 364 valence electrons. The Bertz CT molecular complexity index is 3650. The summed E-state index contributed by atoms with van der Waals surface area (Å²) in [7, 11) is 0. The molecular formula is C69H65BN4. The molecule has 0 N–H and O–H groups in total. The maximum Gasteiger partial charge on any atom is 0.252 e. The topological polar surface area (TPSA) is 22.6 Å². The SMILES string of the molecule is CC(C)(C)c1cccc(N2c3cc(C(C)(C)C)ccc3B3c4ccc(-c5ccccc5)cc4N(c4cccc(-c5ccccc5)c4)c4cc(N5c6ccc(-c7ccncc7)cc6C6(C)CCCCC56C)cc2c43)c1. The van der Waals surface area contributed by atoms with Gasteiger partial charge in [0.15, 0.2) is 0 Å². The van der Waals surface area contributed by atoms with Gasteiger partial charge in [0.2, 0.25) is 0 Å². The lowest BCUT2D eigenvalue weighted by Crippen LogP contribution is -2.61. The molecule has 4 nitrogen and oxygen atoms in total. The van der Waals surface area contributed by atoms with Gasteiger partial charge in [0.05, 0.1) is 5.54 Å². The third kappa shape index (κ3) is 7.21. The lowest BCUT2D eigenvalue weighted by molar-refractivity contribution is 0.195. The molecule has 0 amide bonds. The number of nitrogens with zero attached hydrogens (tertiary/aromatic N) is 4. The van der Waals surface area contributed by atoms with Gasteiger partial charge in [0.25, 0.3) is 6.71 Å². The molecule has 2 unspecified atom stereocenters. The smallest absolute Gasteiger partial charge is 0.252 e. The van der Waals surface area contributed by atoms with E-state index >= 15 is 0 Å². The zero-order valence-corrected chi connectivity index (χ0v) is 44.2. The van der Waals surface area contributed by atoms with Crippen LogP contribution in [-0.4, -0.2) is 17.2 Å². The molecule has 0 spiro atoms. The summed E-state index contributed by atoms with van der Waals surface area (Å²) >= 11 is 0. The van der Waals surface area contributed by atoms with Crippen molar-refractivity contribution in [3.05, 3.63) is 217 Å². The lowest BCUT2D eigenvalue weighted by Gasteiger charge is -2.51. The monoisotopic (exact) mass is 961 g/mol. The van der Waals surface area contributed by atoms with Crippen LogP contribution in [0.4, 0.5) is 45.5 Å². The molecule has 13 rings (SSSR count). The first-order chi connectivity index (χ1) is 35.7. The molecule has 1 saturated carbocycles. The molecule has 1 aromatic heterocycles. The molecule has 9 aromatic rings. The van der Waals surface area contributed by atoms with Crippen molar-refractivity contribution in [2.75, 3.05) is 14.7 Å². The molecule has 3 aliphatic heterocycles. The zero-order valence-electron chi connectivity index (χ0n) is 44.2. The van der Waals surface area contributed by atoms with Crippen molar-refractivity contribution in [2.24, 2.45) is 0 Å². The summed E-state index contributed by atoms with van der Waals surface area (Å²) in [6, 6.07) is 71.9. The first-order valence-corrected chi connectivity index (χ1v) is 26.9. The molecule has 2 atom stereocenters. The van der Waals surface area contributed by atoms with Crippen molar-refractivity contribution in [3.8, 4) is 33.4 Å². The van der Waals surface area contributed by atoms with E-state index < -0.39 is 0 Å². The van der Waals surface area contributed by atoms with Gasteiger partial charge in [-0.1, -0.05) is 177 Å². The molecule has 0 bridgehead atoms. The highest BCUT2D eigenvalue weighted by Gasteiger charge is 2.58. The van der Waals surface area contributed by atoms with E-state index in [0.29, 0.717) is 0 Å². The van der Waals surface area contributed by atoms with E-state index in [1.807, 2.05) is 12.4 Å². The highest BCUT2D eigenvalue weighted by atomic mass is 15.3. The molecular weight excluding hydrogens is 896 g/mol. The van der Waals surface area contributed by atoms with Crippen LogP contribution in [0.1, 0.15) is 97.8 Å². The van der Waals surface area contributed by atoms with Crippen LogP contribution >= 0.6 is 0 Å². The summed E-state index contributed by atoms with van der Waals surface area (Å²) in [5.41, 5.74) is 24.7. The van der Waals surface area contributed by atoms with Gasteiger partial charge in [-0.2, -0.15) is 0 Å². The summed E-state index contributed by atoms with van der Waals surface area (Å²) in [5.74, 6) is 0. The van der Waals surface area contributed by atoms with Crippen LogP contribution in [0.2, 0.25) is 0 Å². The van der Waals surface area contributed by atoms with Crippen LogP contribution < -0.4 is 31.1 Å². The Labute approximate surface area is 439 Å². The minimum atomic E-state index is -0.196. The highest BCUT2D eigenvalue weighted by Crippen LogP contribution is 2.62. The average Bonchev–Trinajstić information content (AvgIpc) is 3.64. The Kier molecular flexibility index (Phi) is 10.6. The maximum absolute atomic E-state index is 4.39. The summed E-state index contributed by atoms with van der Waals surface area (Å²) in [4.78, 5) is 12.5. The summed E-state index contributed by atoms with van der Waals surface area (Å²) in [6.07, 6.45) is 8.47. The quantitative estimate of drug-likeness (QED) is 0.155. The predicted octanol–water partition coefficient (Wildman–Crippen LogP) is 16.5. The average molecular weight is 961 g/mol. The number of aromatic nitrogens is 1. The second kappa shape index (κ2) is 17.0. The van der Waals surface area contributed by atoms with E-state index in [4.69, 9.17) is 0 Å². The fourth-order valence-electron chi connectivity index (χ4n) is 13.4. The Morgan fingerprint density at radius 2 is 0.946 bits per heavy atom. The van der Waals surface area contributed by atoms with Gasteiger partial charge in [-0.15, -0.1) is 0 Å². The van der Waals surface area contributed by atoms with E-state index in [2.05, 4.69) is 263 Å². The summed E-state index contributed by atoms with van der Waals surface area (Å²) < 4.78 is 0. The van der Waals surface area contributed by atoms with Crippen LogP contribution in [-0.2, 0) is 16.2 Å². The largest absolute Gasteiger partial charge is 0.334 e. The molecule has 5 heteroatoms. The third-order valence-electron chi connectivity index (χ3n) is 17.6. The summed E-state index contributed by atoms with van der Waals surface area (Å²) in [6.45, 7) is 19.2. The molecule has 1 fully saturated rings. The molecule has 0 radical (unpaired) electrons. The Morgan fingerprint density at radius 1 is 0.419 bits per heavy atom. The maximum atomic E-state index is 4.39. The van der Waals surface area contributed by atoms with Crippen molar-refractivity contribution < 1.29 is 0 Å². The van der Waals surface area contributed by atoms with Crippen molar-refractivity contribution in [2.45, 2.75) is 103 Å². The third-order valence-corrected chi connectivity index (χ3v) is 17.6. The second-order valence-electron chi connectivity index (χ2n) is 24.0. The van der Waals surface area contributed by atoms with Gasteiger partial charge in [0.1, 0.15) is 0 Å². The molecule has 1 aliphatic carbocycles. The predicted molar refractivity (Wildman–Crippen MR) is 315 cm³/mol. The van der Waals surface area contributed by atoms with E-state index in [1.165, 1.54) is 119 Å². The van der Waals surface area contributed by atoms with Crippen molar-refractivity contribution in [1.82, 2.24) is 4.98 Å². The molecule has 8 aromatic carbocycles. The normalized spacial score (nSPS) is 18.6. The Balaban J connectivity index is 1.15. The molecule has 4 heterocycles. The van der Waals surface area contributed by atoms with E-state index in [-0.39, 0.29) is 28.5 Å². The fraction of sp³-hybridized carbons (Fsp3) is 0.232. The first kappa shape index (κ1) is 46.2. The van der Waals surface area contributed by atoms with E-state index in [9.17, 15) is 0 Å². The van der Waals surface area contributed by atoms with Crippen molar-refractivity contribution in [3.63, 3.8) is 0 Å². The first-order valence-electron chi connectivity index (χ1n) is 26.9. The molecule has 4 aliphatic rings. The number of hydrogen-bond acceptors (Lipinski definition) is 4. The van der Waals surface area contributed by atoms with Gasteiger partial charge in [-0.25, -0.2) is 0 Å². The van der Waals surface area contributed by atoms with Crippen LogP contribution in [0.25, 0.3) is 33.4 Å². The van der Waals surface area contributed by atoms with E-state index in [1.54, 1.807) is 0 Å². The second-order valence-corrected chi connectivity index (χ2v) is 24.0. The van der Waals surface area contributed by atoms with Gasteiger partial charge in [-0.3, -0.25) is 4.98 Å². The van der Waals surface area contributed by atoms with Gasteiger partial charge >= 0.3 is 0 Å². The van der Waals surface area contributed by atoms with Crippen LogP contribution in [0.5, 0.6) is 0 Å². The van der Waals surface area contributed by atoms with Crippen LogP contribution in [0.3, 0.4) is 0 Å². The lowest BCUT2D eigenvalue weighted by atomic mass is 9.33. The minimum Gasteiger partial charge on any atom is -0.334 e. The highest BCUT2D eigenvalue weighted by molar-refractivity contribution is 7.00. The zero-order chi connectivity index (χ0) is 50.7. The number of pyridine rings is 1. The minimum absolute atomic E-state index is 0.0298. The molecule has 0 saturated heterocycles. The van der Waals surface area contributed by atoms with E-state index in [0.717, 1.165) is 18.5 Å². The van der Waals surface area contributed by atoms with Crippen LogP contribution in [0.15, 0.2) is 200 Å². The fourth-order valence-corrected chi connectivity index (χ4v) is 13.4. The number of benzene rings is 8. The number of hydrogen-bond donors (Lipinski definition) is 0. The van der Waals surface area contributed by atoms with Crippen molar-refractivity contribution in [1.29, 1.82) is 0 Å². The Hall–Kier alpha value is -7.63. The number of fused-ring (bicyclic) bond motifs is 7. The van der Waals surface area contributed by atoms with Crippen molar-refractivity contribution >= 4 is 68.6 Å². The Morgan fingerprint density at radius 3 is 1.61 bits per heavy atom. The van der Waals surface area contributed by atoms with Gasteiger partial charge in [-0.05, 0) is 170 Å². The van der Waals surface area contributed by atoms with Gasteiger partial charge in [0, 0.05) is 63.3 Å².